The molecule has 4 rings (SSSR count). The summed E-state index contributed by atoms with van der Waals surface area (Å²) in [7, 11) is 0. The van der Waals surface area contributed by atoms with E-state index in [0.29, 0.717) is 22.9 Å². The number of nitrogens with zero attached hydrogens (tertiary/aromatic N) is 3. The van der Waals surface area contributed by atoms with Gasteiger partial charge < -0.3 is 16.0 Å². The summed E-state index contributed by atoms with van der Waals surface area (Å²) in [4.78, 5) is 43.8. The predicted octanol–water partition coefficient (Wildman–Crippen LogP) is 2.40. The number of anilines is 1. The van der Waals surface area contributed by atoms with Crippen LogP contribution < -0.4 is 16.7 Å². The highest BCUT2D eigenvalue weighted by molar-refractivity contribution is 7.14. The Bertz CT molecular complexity index is 1300. The summed E-state index contributed by atoms with van der Waals surface area (Å²) in [6, 6.07) is 9.03. The number of nitrogens with one attached hydrogen (secondary N) is 2. The van der Waals surface area contributed by atoms with Crippen molar-refractivity contribution in [2.45, 2.75) is 26.4 Å². The summed E-state index contributed by atoms with van der Waals surface area (Å²) >= 11 is 1.26. The van der Waals surface area contributed by atoms with Gasteiger partial charge in [-0.25, -0.2) is 9.78 Å². The predicted molar refractivity (Wildman–Crippen MR) is 116 cm³/mol. The lowest BCUT2D eigenvalue weighted by atomic mass is 10.2. The van der Waals surface area contributed by atoms with E-state index in [9.17, 15) is 14.4 Å². The average Bonchev–Trinajstić information content (AvgIpc) is 3.44. The molecule has 0 radical (unpaired) electrons. The van der Waals surface area contributed by atoms with Gasteiger partial charge >= 0.3 is 5.69 Å². The Balaban J connectivity index is 1.53. The van der Waals surface area contributed by atoms with Gasteiger partial charge in [0.2, 0.25) is 5.91 Å². The Morgan fingerprint density at radius 1 is 1.23 bits per heavy atom. The molecule has 0 aliphatic rings. The number of aryl methyl sites for hydroxylation is 1. The van der Waals surface area contributed by atoms with Gasteiger partial charge in [-0.2, -0.15) is 0 Å². The number of fused-ring (bicyclic) bond motifs is 1. The van der Waals surface area contributed by atoms with Crippen molar-refractivity contribution < 1.29 is 9.59 Å². The molecule has 2 amide bonds. The fraction of sp³-hybridized carbons (Fsp3) is 0.200. The van der Waals surface area contributed by atoms with Crippen molar-refractivity contribution in [3.63, 3.8) is 0 Å². The van der Waals surface area contributed by atoms with E-state index < -0.39 is 5.91 Å². The zero-order valence-corrected chi connectivity index (χ0v) is 17.0. The summed E-state index contributed by atoms with van der Waals surface area (Å²) in [6.45, 7) is 2.48. The third kappa shape index (κ3) is 3.64. The maximum absolute atomic E-state index is 12.8. The minimum Gasteiger partial charge on any atom is -0.364 e. The van der Waals surface area contributed by atoms with Crippen molar-refractivity contribution in [3.8, 4) is 11.3 Å². The molecule has 0 aliphatic heterocycles. The maximum Gasteiger partial charge on any atom is 0.329 e. The summed E-state index contributed by atoms with van der Waals surface area (Å²) in [5.41, 5.74) is 8.15. The van der Waals surface area contributed by atoms with Crippen molar-refractivity contribution in [2.24, 2.45) is 5.73 Å². The Hall–Kier alpha value is -3.66. The van der Waals surface area contributed by atoms with Gasteiger partial charge in [0.05, 0.1) is 16.7 Å². The molecule has 0 aliphatic carbocycles. The number of thiazole rings is 1. The first-order valence-corrected chi connectivity index (χ1v) is 10.3. The number of hydrogen-bond acceptors (Lipinski definition) is 5. The number of carbonyl (C=O) groups is 2. The first kappa shape index (κ1) is 19.6. The maximum atomic E-state index is 12.8. The van der Waals surface area contributed by atoms with Gasteiger partial charge in [0.1, 0.15) is 12.2 Å². The van der Waals surface area contributed by atoms with E-state index in [-0.39, 0.29) is 23.8 Å². The number of primary amides is 1. The summed E-state index contributed by atoms with van der Waals surface area (Å²) in [5.74, 6) is -0.901. The molecule has 9 nitrogen and oxygen atoms in total. The van der Waals surface area contributed by atoms with Crippen molar-refractivity contribution in [2.75, 3.05) is 5.32 Å². The van der Waals surface area contributed by atoms with E-state index in [1.807, 2.05) is 31.2 Å². The van der Waals surface area contributed by atoms with Gasteiger partial charge in [-0.05, 0) is 24.6 Å². The van der Waals surface area contributed by atoms with Gasteiger partial charge in [0, 0.05) is 23.7 Å². The highest BCUT2D eigenvalue weighted by Crippen LogP contribution is 2.25. The number of nitrogens with two attached hydrogens (primary N) is 1. The van der Waals surface area contributed by atoms with Crippen LogP contribution in [0.2, 0.25) is 0 Å². The van der Waals surface area contributed by atoms with Crippen LogP contribution in [0.5, 0.6) is 0 Å². The van der Waals surface area contributed by atoms with Crippen LogP contribution in [-0.2, 0) is 17.9 Å². The topological polar surface area (TPSA) is 128 Å². The number of amides is 2. The van der Waals surface area contributed by atoms with E-state index in [0.717, 1.165) is 17.5 Å². The van der Waals surface area contributed by atoms with Crippen molar-refractivity contribution in [1.29, 1.82) is 0 Å². The van der Waals surface area contributed by atoms with E-state index in [1.54, 1.807) is 22.2 Å². The Morgan fingerprint density at radius 3 is 2.63 bits per heavy atom. The minimum absolute atomic E-state index is 0.110. The van der Waals surface area contributed by atoms with E-state index >= 15 is 0 Å². The smallest absolute Gasteiger partial charge is 0.329 e. The fourth-order valence-corrected chi connectivity index (χ4v) is 4.05. The molecule has 0 atom stereocenters. The van der Waals surface area contributed by atoms with Crippen LogP contribution >= 0.6 is 11.3 Å². The first-order chi connectivity index (χ1) is 14.5. The summed E-state index contributed by atoms with van der Waals surface area (Å²) in [6.07, 6.45) is 2.45. The molecular weight excluding hydrogens is 404 g/mol. The number of aromatic amines is 1. The lowest BCUT2D eigenvalue weighted by molar-refractivity contribution is -0.116. The van der Waals surface area contributed by atoms with E-state index in [2.05, 4.69) is 15.3 Å². The van der Waals surface area contributed by atoms with Gasteiger partial charge in [-0.1, -0.05) is 19.1 Å². The van der Waals surface area contributed by atoms with Gasteiger partial charge in [-0.15, -0.1) is 11.3 Å². The number of imidazole rings is 1. The largest absolute Gasteiger partial charge is 0.364 e. The highest BCUT2D eigenvalue weighted by Gasteiger charge is 2.16. The monoisotopic (exact) mass is 424 g/mol. The van der Waals surface area contributed by atoms with Gasteiger partial charge in [-0.3, -0.25) is 18.7 Å². The molecule has 0 bridgehead atoms. The second-order valence-corrected chi connectivity index (χ2v) is 7.62. The highest BCUT2D eigenvalue weighted by atomic mass is 32.1. The number of carbonyl (C=O) groups excluding carboxylic acids is 2. The molecule has 0 unspecified atom stereocenters. The van der Waals surface area contributed by atoms with Crippen LogP contribution in [-0.4, -0.2) is 30.9 Å². The van der Waals surface area contributed by atoms with E-state index in [4.69, 9.17) is 5.73 Å². The lowest BCUT2D eigenvalue weighted by Crippen LogP contribution is -2.29. The molecule has 0 saturated heterocycles. The zero-order valence-electron chi connectivity index (χ0n) is 16.2. The van der Waals surface area contributed by atoms with Crippen molar-refractivity contribution in [3.05, 3.63) is 58.1 Å². The van der Waals surface area contributed by atoms with Crippen molar-refractivity contribution in [1.82, 2.24) is 19.1 Å². The molecule has 3 heterocycles. The Morgan fingerprint density at radius 2 is 1.97 bits per heavy atom. The Labute approximate surface area is 175 Å². The fourth-order valence-electron chi connectivity index (χ4n) is 3.32. The molecule has 4 N–H and O–H groups in total. The summed E-state index contributed by atoms with van der Waals surface area (Å²) in [5, 5.41) is 4.91. The van der Waals surface area contributed by atoms with Crippen LogP contribution in [0, 0.1) is 0 Å². The Kier molecular flexibility index (Phi) is 5.23. The number of rotatable bonds is 7. The molecule has 0 fully saturated rings. The molecule has 0 saturated carbocycles. The van der Waals surface area contributed by atoms with Crippen LogP contribution in [0.4, 0.5) is 5.13 Å². The first-order valence-electron chi connectivity index (χ1n) is 9.40. The van der Waals surface area contributed by atoms with Gasteiger partial charge in [0.25, 0.3) is 5.91 Å². The second-order valence-electron chi connectivity index (χ2n) is 6.76. The number of H-pyrrole nitrogens is 1. The SMILES string of the molecule is CCCn1c(=O)n(CC(=O)Nc2nc(-c3c[nH]c(C(N)=O)c3)cs2)c2ccccc21. The quantitative estimate of drug-likeness (QED) is 0.421. The number of hydrogen-bond donors (Lipinski definition) is 3. The average molecular weight is 424 g/mol. The second kappa shape index (κ2) is 7.99. The van der Waals surface area contributed by atoms with Crippen molar-refractivity contribution >= 4 is 39.3 Å². The number of benzene rings is 1. The summed E-state index contributed by atoms with van der Waals surface area (Å²) < 4.78 is 3.16. The third-order valence-electron chi connectivity index (χ3n) is 4.67. The zero-order chi connectivity index (χ0) is 21.3. The van der Waals surface area contributed by atoms with Crippen LogP contribution in [0.15, 0.2) is 46.7 Å². The third-order valence-corrected chi connectivity index (χ3v) is 5.43. The minimum atomic E-state index is -0.558. The van der Waals surface area contributed by atoms with Crippen LogP contribution in [0.25, 0.3) is 22.3 Å². The molecule has 3 aromatic heterocycles. The molecule has 30 heavy (non-hydrogen) atoms. The standard InChI is InChI=1S/C20H20N6O3S/c1-2-7-25-15-5-3-4-6-16(15)26(20(25)29)10-17(27)24-19-23-14(11-30-19)12-8-13(18(21)28)22-9-12/h3-6,8-9,11,22H,2,7,10H2,1H3,(H2,21,28)(H,23,24,27). The van der Waals surface area contributed by atoms with Crippen LogP contribution in [0.1, 0.15) is 23.8 Å². The number of para-hydroxylation sites is 2. The molecule has 0 spiro atoms. The molecule has 1 aromatic carbocycles. The van der Waals surface area contributed by atoms with Crippen LogP contribution in [0.3, 0.4) is 0 Å². The normalized spacial score (nSPS) is 11.1. The van der Waals surface area contributed by atoms with E-state index in [1.165, 1.54) is 15.9 Å². The number of aromatic nitrogens is 4. The molecule has 10 heteroatoms. The lowest BCUT2D eigenvalue weighted by Gasteiger charge is -2.03. The molecule has 4 aromatic rings. The van der Waals surface area contributed by atoms with Gasteiger partial charge in [0.15, 0.2) is 5.13 Å². The molecular formula is C20H20N6O3S. The molecule has 154 valence electrons.